The van der Waals surface area contributed by atoms with Crippen molar-refractivity contribution in [3.8, 4) is 5.75 Å². The molecule has 4 aliphatic carbocycles. The standard InChI is InChI=1S/C19H27NO3S/c1-12-5-18(13(2)4-17(12)23-3)24(21,22)20-19-9-14-6-15(10-19)8-16(7-14)11-19/h4-5,14-16,20H,6-11H2,1-3H3. The molecule has 1 aromatic rings. The summed E-state index contributed by atoms with van der Waals surface area (Å²) in [5.41, 5.74) is 1.40. The van der Waals surface area contributed by atoms with Crippen LogP contribution in [-0.4, -0.2) is 21.1 Å². The van der Waals surface area contributed by atoms with Gasteiger partial charge in [-0.05, 0) is 93.4 Å². The number of ether oxygens (including phenoxy) is 1. The first-order valence-electron chi connectivity index (χ1n) is 8.99. The molecular formula is C19H27NO3S. The molecule has 0 aliphatic heterocycles. The predicted octanol–water partition coefficient (Wildman–Crippen LogP) is 3.56. The van der Waals surface area contributed by atoms with Crippen molar-refractivity contribution in [2.45, 2.75) is 62.8 Å². The number of sulfonamides is 1. The second-order valence-corrected chi connectivity index (χ2v) is 10.0. The van der Waals surface area contributed by atoms with Gasteiger partial charge in [0.1, 0.15) is 5.75 Å². The average Bonchev–Trinajstić information content (AvgIpc) is 2.46. The van der Waals surface area contributed by atoms with Crippen LogP contribution in [0.4, 0.5) is 0 Å². The van der Waals surface area contributed by atoms with Crippen LogP contribution in [0.1, 0.15) is 49.7 Å². The topological polar surface area (TPSA) is 55.4 Å². The second-order valence-electron chi connectivity index (χ2n) is 8.39. The molecule has 132 valence electrons. The van der Waals surface area contributed by atoms with Crippen molar-refractivity contribution in [2.75, 3.05) is 7.11 Å². The Morgan fingerprint density at radius 3 is 2.04 bits per heavy atom. The summed E-state index contributed by atoms with van der Waals surface area (Å²) in [6.07, 6.45) is 6.98. The van der Waals surface area contributed by atoms with Gasteiger partial charge in [0.05, 0.1) is 12.0 Å². The highest BCUT2D eigenvalue weighted by atomic mass is 32.2. The minimum absolute atomic E-state index is 0.201. The Morgan fingerprint density at radius 2 is 1.54 bits per heavy atom. The molecule has 4 aliphatic rings. The Hall–Kier alpha value is -1.07. The third-order valence-corrected chi connectivity index (χ3v) is 8.09. The SMILES string of the molecule is COc1cc(C)c(S(=O)(=O)NC23CC4CC(CC(C4)C2)C3)cc1C. The van der Waals surface area contributed by atoms with Crippen LogP contribution in [0.25, 0.3) is 0 Å². The number of hydrogen-bond donors (Lipinski definition) is 1. The minimum Gasteiger partial charge on any atom is -0.496 e. The van der Waals surface area contributed by atoms with Crippen molar-refractivity contribution >= 4 is 10.0 Å². The van der Waals surface area contributed by atoms with Crippen LogP contribution < -0.4 is 9.46 Å². The summed E-state index contributed by atoms with van der Waals surface area (Å²) in [4.78, 5) is 0.400. The maximum atomic E-state index is 13.1. The van der Waals surface area contributed by atoms with Crippen LogP contribution in [0.2, 0.25) is 0 Å². The van der Waals surface area contributed by atoms with Gasteiger partial charge in [-0.15, -0.1) is 0 Å². The van der Waals surface area contributed by atoms with Crippen molar-refractivity contribution in [1.29, 1.82) is 0 Å². The van der Waals surface area contributed by atoms with Crippen LogP contribution in [0.5, 0.6) is 5.75 Å². The van der Waals surface area contributed by atoms with E-state index in [4.69, 9.17) is 4.74 Å². The third-order valence-electron chi connectivity index (χ3n) is 6.37. The molecule has 0 unspecified atom stereocenters. The van der Waals surface area contributed by atoms with Gasteiger partial charge in [0, 0.05) is 5.54 Å². The van der Waals surface area contributed by atoms with Gasteiger partial charge in [0.15, 0.2) is 0 Å². The largest absolute Gasteiger partial charge is 0.496 e. The lowest BCUT2D eigenvalue weighted by molar-refractivity contribution is -0.00810. The molecule has 5 heteroatoms. The highest BCUT2D eigenvalue weighted by Gasteiger charge is 2.52. The summed E-state index contributed by atoms with van der Waals surface area (Å²) in [6.45, 7) is 3.73. The van der Waals surface area contributed by atoms with Crippen molar-refractivity contribution in [1.82, 2.24) is 4.72 Å². The Morgan fingerprint density at radius 1 is 1.00 bits per heavy atom. The van der Waals surface area contributed by atoms with E-state index in [9.17, 15) is 8.42 Å². The van der Waals surface area contributed by atoms with Gasteiger partial charge in [-0.1, -0.05) is 0 Å². The zero-order valence-electron chi connectivity index (χ0n) is 14.8. The van der Waals surface area contributed by atoms with Gasteiger partial charge < -0.3 is 4.74 Å². The Labute approximate surface area is 145 Å². The zero-order chi connectivity index (χ0) is 17.1. The number of rotatable bonds is 4. The van der Waals surface area contributed by atoms with Gasteiger partial charge >= 0.3 is 0 Å². The van der Waals surface area contributed by atoms with Gasteiger partial charge in [-0.3, -0.25) is 0 Å². The lowest BCUT2D eigenvalue weighted by Gasteiger charge is -2.56. The smallest absolute Gasteiger partial charge is 0.241 e. The molecule has 0 radical (unpaired) electrons. The first-order chi connectivity index (χ1) is 11.3. The first-order valence-corrected chi connectivity index (χ1v) is 10.5. The fourth-order valence-corrected chi connectivity index (χ4v) is 7.59. The van der Waals surface area contributed by atoms with E-state index in [1.807, 2.05) is 19.9 Å². The molecule has 0 aromatic heterocycles. The Kier molecular flexibility index (Phi) is 3.73. The van der Waals surface area contributed by atoms with E-state index in [-0.39, 0.29) is 5.54 Å². The molecule has 24 heavy (non-hydrogen) atoms. The van der Waals surface area contributed by atoms with Gasteiger partial charge in [0.25, 0.3) is 0 Å². The fraction of sp³-hybridized carbons (Fsp3) is 0.684. The zero-order valence-corrected chi connectivity index (χ0v) is 15.6. The molecule has 0 amide bonds. The summed E-state index contributed by atoms with van der Waals surface area (Å²) in [5, 5.41) is 0. The lowest BCUT2D eigenvalue weighted by atomic mass is 9.53. The van der Waals surface area contributed by atoms with E-state index in [0.29, 0.717) is 4.90 Å². The second kappa shape index (κ2) is 5.46. The molecule has 0 spiro atoms. The number of nitrogens with one attached hydrogen (secondary N) is 1. The van der Waals surface area contributed by atoms with E-state index in [2.05, 4.69) is 4.72 Å². The normalized spacial score (nSPS) is 34.5. The number of methoxy groups -OCH3 is 1. The van der Waals surface area contributed by atoms with Gasteiger partial charge in [-0.25, -0.2) is 13.1 Å². The monoisotopic (exact) mass is 349 g/mol. The van der Waals surface area contributed by atoms with Crippen molar-refractivity contribution in [2.24, 2.45) is 17.8 Å². The maximum absolute atomic E-state index is 13.1. The quantitative estimate of drug-likeness (QED) is 0.904. The molecule has 1 N–H and O–H groups in total. The Balaban J connectivity index is 1.66. The van der Waals surface area contributed by atoms with E-state index in [1.165, 1.54) is 19.3 Å². The molecular weight excluding hydrogens is 322 g/mol. The van der Waals surface area contributed by atoms with E-state index in [0.717, 1.165) is 53.9 Å². The summed E-state index contributed by atoms with van der Waals surface area (Å²) >= 11 is 0. The van der Waals surface area contributed by atoms with Crippen molar-refractivity contribution in [3.05, 3.63) is 23.3 Å². The fourth-order valence-electron chi connectivity index (χ4n) is 5.85. The van der Waals surface area contributed by atoms with Crippen LogP contribution in [0.15, 0.2) is 17.0 Å². The molecule has 0 heterocycles. The van der Waals surface area contributed by atoms with Crippen molar-refractivity contribution < 1.29 is 13.2 Å². The molecule has 4 fully saturated rings. The van der Waals surface area contributed by atoms with E-state index < -0.39 is 10.0 Å². The van der Waals surface area contributed by atoms with Gasteiger partial charge in [-0.2, -0.15) is 0 Å². The number of hydrogen-bond acceptors (Lipinski definition) is 3. The number of aryl methyl sites for hydroxylation is 2. The molecule has 4 bridgehead atoms. The highest BCUT2D eigenvalue weighted by Crippen LogP contribution is 2.56. The predicted molar refractivity (Wildman–Crippen MR) is 93.7 cm³/mol. The maximum Gasteiger partial charge on any atom is 0.241 e. The average molecular weight is 349 g/mol. The minimum atomic E-state index is -3.51. The molecule has 0 atom stereocenters. The molecule has 4 nitrogen and oxygen atoms in total. The molecule has 0 saturated heterocycles. The summed E-state index contributed by atoms with van der Waals surface area (Å²) in [6, 6.07) is 3.57. The highest BCUT2D eigenvalue weighted by molar-refractivity contribution is 7.89. The lowest BCUT2D eigenvalue weighted by Crippen LogP contribution is -2.59. The molecule has 1 aromatic carbocycles. The van der Waals surface area contributed by atoms with E-state index >= 15 is 0 Å². The summed E-state index contributed by atoms with van der Waals surface area (Å²) in [5.74, 6) is 2.90. The number of benzene rings is 1. The summed E-state index contributed by atoms with van der Waals surface area (Å²) < 4.78 is 34.7. The van der Waals surface area contributed by atoms with Crippen LogP contribution in [-0.2, 0) is 10.0 Å². The van der Waals surface area contributed by atoms with Crippen LogP contribution in [0, 0.1) is 31.6 Å². The van der Waals surface area contributed by atoms with Crippen molar-refractivity contribution in [3.63, 3.8) is 0 Å². The third kappa shape index (κ3) is 2.66. The van der Waals surface area contributed by atoms with E-state index in [1.54, 1.807) is 13.2 Å². The van der Waals surface area contributed by atoms with Gasteiger partial charge in [0.2, 0.25) is 10.0 Å². The Bertz CT molecular complexity index is 734. The molecule has 4 saturated carbocycles. The molecule has 5 rings (SSSR count). The summed E-state index contributed by atoms with van der Waals surface area (Å²) in [7, 11) is -1.89. The van der Waals surface area contributed by atoms with Crippen LogP contribution in [0.3, 0.4) is 0 Å². The first kappa shape index (κ1) is 16.4. The van der Waals surface area contributed by atoms with Crippen LogP contribution >= 0.6 is 0 Å².